The molecule has 1 saturated heterocycles. The first-order chi connectivity index (χ1) is 18.4. The molecule has 4 N–H and O–H groups in total. The van der Waals surface area contributed by atoms with E-state index in [0.717, 1.165) is 11.1 Å². The Bertz CT molecular complexity index is 1160. The number of nitrogens with one attached hydrogen (secondary N) is 4. The molecule has 2 aromatic rings. The zero-order chi connectivity index (χ0) is 28.7. The molecule has 1 aliphatic rings. The number of carbonyl (C=O) groups is 4. The molecule has 2 aromatic carbocycles. The number of benzene rings is 2. The van der Waals surface area contributed by atoms with Crippen LogP contribution in [0.4, 0.5) is 0 Å². The summed E-state index contributed by atoms with van der Waals surface area (Å²) in [5.74, 6) is -1.23. The van der Waals surface area contributed by atoms with Gasteiger partial charge in [0.2, 0.25) is 17.7 Å². The van der Waals surface area contributed by atoms with Gasteiger partial charge in [-0.3, -0.25) is 19.2 Å². The van der Waals surface area contributed by atoms with Gasteiger partial charge in [-0.25, -0.2) is 0 Å². The van der Waals surface area contributed by atoms with Crippen molar-refractivity contribution >= 4 is 23.6 Å². The number of carbonyl (C=O) groups excluding carboxylic acids is 4. The lowest BCUT2D eigenvalue weighted by atomic mass is 9.85. The zero-order valence-electron chi connectivity index (χ0n) is 23.7. The van der Waals surface area contributed by atoms with Gasteiger partial charge in [-0.1, -0.05) is 68.8 Å². The molecular formula is C30H41N5O4. The molecule has 39 heavy (non-hydrogen) atoms. The van der Waals surface area contributed by atoms with Crippen LogP contribution < -0.4 is 21.3 Å². The highest BCUT2D eigenvalue weighted by Gasteiger charge is 2.45. The molecule has 0 radical (unpaired) electrons. The Balaban J connectivity index is 1.84. The maximum absolute atomic E-state index is 13.9. The number of aryl methyl sites for hydroxylation is 1. The van der Waals surface area contributed by atoms with Crippen molar-refractivity contribution in [1.29, 1.82) is 0 Å². The first kappa shape index (κ1) is 29.8. The highest BCUT2D eigenvalue weighted by molar-refractivity contribution is 5.96. The van der Waals surface area contributed by atoms with Gasteiger partial charge in [0.1, 0.15) is 12.1 Å². The third-order valence-electron chi connectivity index (χ3n) is 6.95. The fourth-order valence-corrected chi connectivity index (χ4v) is 4.73. The van der Waals surface area contributed by atoms with E-state index < -0.39 is 23.5 Å². The number of amides is 4. The Labute approximate surface area is 231 Å². The maximum Gasteiger partial charge on any atom is 0.251 e. The molecule has 1 heterocycles. The van der Waals surface area contributed by atoms with Gasteiger partial charge in [0.25, 0.3) is 5.91 Å². The van der Waals surface area contributed by atoms with E-state index in [0.29, 0.717) is 5.56 Å². The van der Waals surface area contributed by atoms with Crippen molar-refractivity contribution < 1.29 is 19.2 Å². The summed E-state index contributed by atoms with van der Waals surface area (Å²) in [6.07, 6.45) is 0.262. The van der Waals surface area contributed by atoms with Crippen LogP contribution in [0.5, 0.6) is 0 Å². The quantitative estimate of drug-likeness (QED) is 0.393. The molecule has 0 aromatic heterocycles. The third-order valence-corrected chi connectivity index (χ3v) is 6.95. The van der Waals surface area contributed by atoms with Crippen LogP contribution in [-0.2, 0) is 14.4 Å². The van der Waals surface area contributed by atoms with E-state index in [1.807, 2.05) is 77.1 Å². The van der Waals surface area contributed by atoms with Crippen molar-refractivity contribution in [3.63, 3.8) is 0 Å². The van der Waals surface area contributed by atoms with Crippen LogP contribution in [0.2, 0.25) is 0 Å². The topological polar surface area (TPSA) is 120 Å². The molecule has 1 aliphatic heterocycles. The van der Waals surface area contributed by atoms with Crippen LogP contribution in [-0.4, -0.2) is 66.8 Å². The fourth-order valence-electron chi connectivity index (χ4n) is 4.73. The van der Waals surface area contributed by atoms with Crippen LogP contribution in [0.3, 0.4) is 0 Å². The van der Waals surface area contributed by atoms with E-state index >= 15 is 0 Å². The van der Waals surface area contributed by atoms with Crippen molar-refractivity contribution in [3.8, 4) is 0 Å². The molecule has 0 spiro atoms. The minimum absolute atomic E-state index is 0.0631. The Hall–Kier alpha value is -3.72. The standard InChI is InChI=1S/C30H41N5O4/c1-19-12-14-22(15-13-19)27(37)33-23-16-24(28(38)32-20(2)21-10-8-7-9-11-21)35(18-23)29(39)26(30(3,4)5)34-25(36)17-31-6/h7-15,20,23-24,26,31H,16-18H2,1-6H3,(H,32,38)(H,33,37)(H,34,36)/t20-,23+,24+,26-/m1/s1. The van der Waals surface area contributed by atoms with Crippen molar-refractivity contribution in [2.24, 2.45) is 5.41 Å². The lowest BCUT2D eigenvalue weighted by Crippen LogP contribution is -2.58. The van der Waals surface area contributed by atoms with Crippen LogP contribution in [0.25, 0.3) is 0 Å². The van der Waals surface area contributed by atoms with E-state index in [9.17, 15) is 19.2 Å². The molecule has 0 saturated carbocycles. The zero-order valence-corrected chi connectivity index (χ0v) is 23.7. The normalized spacial score (nSPS) is 18.7. The van der Waals surface area contributed by atoms with Gasteiger partial charge in [0.15, 0.2) is 0 Å². The number of likely N-dealkylation sites (N-methyl/N-ethyl adjacent to an activating group) is 1. The summed E-state index contributed by atoms with van der Waals surface area (Å²) >= 11 is 0. The molecule has 1 fully saturated rings. The molecule has 9 nitrogen and oxygen atoms in total. The summed E-state index contributed by atoms with van der Waals surface area (Å²) in [7, 11) is 1.66. The van der Waals surface area contributed by atoms with Crippen LogP contribution in [0.1, 0.15) is 61.6 Å². The summed E-state index contributed by atoms with van der Waals surface area (Å²) in [5, 5.41) is 11.7. The average Bonchev–Trinajstić information content (AvgIpc) is 3.31. The summed E-state index contributed by atoms with van der Waals surface area (Å²) in [5.41, 5.74) is 1.89. The predicted molar refractivity (Wildman–Crippen MR) is 151 cm³/mol. The Kier molecular flexibility index (Phi) is 9.86. The first-order valence-corrected chi connectivity index (χ1v) is 13.4. The predicted octanol–water partition coefficient (Wildman–Crippen LogP) is 2.32. The van der Waals surface area contributed by atoms with Crippen molar-refractivity contribution in [2.75, 3.05) is 20.1 Å². The monoisotopic (exact) mass is 535 g/mol. The van der Waals surface area contributed by atoms with Crippen LogP contribution in [0, 0.1) is 12.3 Å². The summed E-state index contributed by atoms with van der Waals surface area (Å²) in [6, 6.07) is 14.4. The largest absolute Gasteiger partial charge is 0.348 e. The third kappa shape index (κ3) is 7.89. The van der Waals surface area contributed by atoms with Gasteiger partial charge in [-0.15, -0.1) is 0 Å². The van der Waals surface area contributed by atoms with Gasteiger partial charge in [-0.05, 0) is 50.4 Å². The lowest BCUT2D eigenvalue weighted by Gasteiger charge is -2.35. The van der Waals surface area contributed by atoms with Crippen molar-refractivity contribution in [1.82, 2.24) is 26.2 Å². The highest BCUT2D eigenvalue weighted by Crippen LogP contribution is 2.27. The highest BCUT2D eigenvalue weighted by atomic mass is 16.2. The number of likely N-dealkylation sites (tertiary alicyclic amines) is 1. The van der Waals surface area contributed by atoms with E-state index in [1.165, 1.54) is 4.90 Å². The smallest absolute Gasteiger partial charge is 0.251 e. The second-order valence-corrected chi connectivity index (χ2v) is 11.3. The molecule has 0 unspecified atom stereocenters. The molecule has 4 atom stereocenters. The molecule has 0 bridgehead atoms. The number of hydrogen-bond donors (Lipinski definition) is 4. The number of nitrogens with zero attached hydrogens (tertiary/aromatic N) is 1. The van der Waals surface area contributed by atoms with Gasteiger partial charge < -0.3 is 26.2 Å². The van der Waals surface area contributed by atoms with E-state index in [1.54, 1.807) is 19.2 Å². The Morgan fingerprint density at radius 1 is 0.974 bits per heavy atom. The van der Waals surface area contributed by atoms with Crippen LogP contribution in [0.15, 0.2) is 54.6 Å². The summed E-state index contributed by atoms with van der Waals surface area (Å²) in [4.78, 5) is 54.4. The second-order valence-electron chi connectivity index (χ2n) is 11.3. The maximum atomic E-state index is 13.9. The summed E-state index contributed by atoms with van der Waals surface area (Å²) in [6.45, 7) is 9.66. The fraction of sp³-hybridized carbons (Fsp3) is 0.467. The second kappa shape index (κ2) is 12.9. The van der Waals surface area contributed by atoms with Gasteiger partial charge in [-0.2, -0.15) is 0 Å². The van der Waals surface area contributed by atoms with Crippen molar-refractivity contribution in [3.05, 3.63) is 71.3 Å². The van der Waals surface area contributed by atoms with Crippen molar-refractivity contribution in [2.45, 2.75) is 65.2 Å². The molecule has 0 aliphatic carbocycles. The summed E-state index contributed by atoms with van der Waals surface area (Å²) < 4.78 is 0. The number of hydrogen-bond acceptors (Lipinski definition) is 5. The van der Waals surface area contributed by atoms with Gasteiger partial charge >= 0.3 is 0 Å². The minimum Gasteiger partial charge on any atom is -0.348 e. The van der Waals surface area contributed by atoms with Gasteiger partial charge in [0.05, 0.1) is 12.6 Å². The molecule has 210 valence electrons. The number of rotatable bonds is 9. The van der Waals surface area contributed by atoms with E-state index in [2.05, 4.69) is 21.3 Å². The molecule has 3 rings (SSSR count). The Morgan fingerprint density at radius 3 is 2.21 bits per heavy atom. The van der Waals surface area contributed by atoms with Crippen LogP contribution >= 0.6 is 0 Å². The van der Waals surface area contributed by atoms with Gasteiger partial charge in [0, 0.05) is 18.2 Å². The van der Waals surface area contributed by atoms with E-state index in [-0.39, 0.29) is 49.2 Å². The average molecular weight is 536 g/mol. The molecule has 9 heteroatoms. The molecule has 4 amide bonds. The van der Waals surface area contributed by atoms with E-state index in [4.69, 9.17) is 0 Å². The lowest BCUT2D eigenvalue weighted by molar-refractivity contribution is -0.144. The Morgan fingerprint density at radius 2 is 1.62 bits per heavy atom. The SMILES string of the molecule is CNCC(=O)N[C@H](C(=O)N1C[C@@H](NC(=O)c2ccc(C)cc2)C[C@H]1C(=O)N[C@H](C)c1ccccc1)C(C)(C)C. The molecular weight excluding hydrogens is 494 g/mol. The first-order valence-electron chi connectivity index (χ1n) is 13.4. The minimum atomic E-state index is -0.855.